The maximum Gasteiger partial charge on any atom is 0.407 e. The molecule has 0 bridgehead atoms. The first-order valence-electron chi connectivity index (χ1n) is 6.74. The fourth-order valence-corrected chi connectivity index (χ4v) is 2.71. The number of amides is 1. The fraction of sp³-hybridized carbons (Fsp3) is 0.500. The van der Waals surface area contributed by atoms with Crippen molar-refractivity contribution in [3.05, 3.63) is 23.9 Å². The number of hydrogen-bond acceptors (Lipinski definition) is 5. The Morgan fingerprint density at radius 3 is 2.33 bits per heavy atom. The molecule has 0 aromatic carbocycles. The first-order valence-corrected chi connectivity index (χ1v) is 6.74. The minimum atomic E-state index is -0.901. The lowest BCUT2D eigenvalue weighted by Gasteiger charge is -2.44. The highest BCUT2D eigenvalue weighted by atomic mass is 16.5. The molecule has 1 fully saturated rings. The summed E-state index contributed by atoms with van der Waals surface area (Å²) in [6, 6.07) is 3.45. The molecule has 0 radical (unpaired) electrons. The highest BCUT2D eigenvalue weighted by Crippen LogP contribution is 2.23. The molecule has 7 nitrogen and oxygen atoms in total. The number of esters is 1. The van der Waals surface area contributed by atoms with Gasteiger partial charge in [0.2, 0.25) is 0 Å². The molecule has 1 saturated heterocycles. The second-order valence-electron chi connectivity index (χ2n) is 5.19. The number of methoxy groups -OCH3 is 1. The van der Waals surface area contributed by atoms with E-state index in [0.29, 0.717) is 18.7 Å². The van der Waals surface area contributed by atoms with Crippen molar-refractivity contribution in [3.63, 3.8) is 0 Å². The number of carboxylic acid groups (broad SMARTS) is 1. The highest BCUT2D eigenvalue weighted by Gasteiger charge is 2.32. The lowest BCUT2D eigenvalue weighted by molar-refractivity contribution is 0.0600. The van der Waals surface area contributed by atoms with Crippen LogP contribution in [0, 0.1) is 0 Å². The topological polar surface area (TPSA) is 83.0 Å². The number of carbonyl (C=O) groups is 2. The number of nitrogens with zero attached hydrogens (tertiary/aromatic N) is 3. The van der Waals surface area contributed by atoms with Crippen molar-refractivity contribution in [2.75, 3.05) is 25.1 Å². The molecule has 21 heavy (non-hydrogen) atoms. The van der Waals surface area contributed by atoms with Gasteiger partial charge in [-0.3, -0.25) is 0 Å². The van der Waals surface area contributed by atoms with Gasteiger partial charge in [0.15, 0.2) is 0 Å². The number of piperazine rings is 1. The monoisotopic (exact) mass is 293 g/mol. The van der Waals surface area contributed by atoms with Crippen molar-refractivity contribution >= 4 is 17.9 Å². The fourth-order valence-electron chi connectivity index (χ4n) is 2.71. The van der Waals surface area contributed by atoms with Crippen LogP contribution in [0.5, 0.6) is 0 Å². The predicted molar refractivity (Wildman–Crippen MR) is 76.6 cm³/mol. The molecule has 1 aromatic heterocycles. The molecular formula is C14H19N3O4. The van der Waals surface area contributed by atoms with Crippen LogP contribution in [0.15, 0.2) is 18.3 Å². The third kappa shape index (κ3) is 3.07. The Kier molecular flexibility index (Phi) is 4.30. The van der Waals surface area contributed by atoms with Crippen LogP contribution in [0.2, 0.25) is 0 Å². The minimum Gasteiger partial charge on any atom is -0.465 e. The average molecular weight is 293 g/mol. The first-order chi connectivity index (χ1) is 9.93. The molecule has 1 N–H and O–H groups in total. The van der Waals surface area contributed by atoms with Crippen molar-refractivity contribution in [2.45, 2.75) is 25.9 Å². The summed E-state index contributed by atoms with van der Waals surface area (Å²) in [5.41, 5.74) is 0.394. The third-order valence-corrected chi connectivity index (χ3v) is 3.62. The zero-order valence-electron chi connectivity index (χ0n) is 12.3. The van der Waals surface area contributed by atoms with Crippen LogP contribution in [0.1, 0.15) is 24.2 Å². The summed E-state index contributed by atoms with van der Waals surface area (Å²) in [5, 5.41) is 9.10. The van der Waals surface area contributed by atoms with Crippen molar-refractivity contribution in [1.29, 1.82) is 0 Å². The number of rotatable bonds is 2. The van der Waals surface area contributed by atoms with Crippen LogP contribution < -0.4 is 4.90 Å². The van der Waals surface area contributed by atoms with Gasteiger partial charge in [0.05, 0.1) is 12.7 Å². The summed E-state index contributed by atoms with van der Waals surface area (Å²) >= 11 is 0. The van der Waals surface area contributed by atoms with Gasteiger partial charge < -0.3 is 19.6 Å². The molecule has 7 heteroatoms. The molecule has 0 saturated carbocycles. The van der Waals surface area contributed by atoms with Gasteiger partial charge >= 0.3 is 12.1 Å². The van der Waals surface area contributed by atoms with Gasteiger partial charge in [-0.15, -0.1) is 0 Å². The molecule has 0 aliphatic carbocycles. The second kappa shape index (κ2) is 5.99. The van der Waals surface area contributed by atoms with Crippen molar-refractivity contribution in [2.24, 2.45) is 0 Å². The molecule has 2 unspecified atom stereocenters. The number of ether oxygens (including phenoxy) is 1. The largest absolute Gasteiger partial charge is 0.465 e. The molecule has 114 valence electrons. The lowest BCUT2D eigenvalue weighted by atomic mass is 10.1. The van der Waals surface area contributed by atoms with Crippen molar-refractivity contribution in [3.8, 4) is 0 Å². The Bertz CT molecular complexity index is 520. The van der Waals surface area contributed by atoms with Crippen molar-refractivity contribution < 1.29 is 19.4 Å². The second-order valence-corrected chi connectivity index (χ2v) is 5.19. The van der Waals surface area contributed by atoms with Crippen LogP contribution in [0.25, 0.3) is 0 Å². The molecule has 0 spiro atoms. The summed E-state index contributed by atoms with van der Waals surface area (Å²) < 4.78 is 4.64. The molecule has 1 aromatic rings. The summed E-state index contributed by atoms with van der Waals surface area (Å²) in [5.74, 6) is 0.304. The van der Waals surface area contributed by atoms with Gasteiger partial charge in [0.25, 0.3) is 0 Å². The molecule has 1 aliphatic rings. The summed E-state index contributed by atoms with van der Waals surface area (Å²) in [6.07, 6.45) is 0.576. The van der Waals surface area contributed by atoms with E-state index >= 15 is 0 Å². The Balaban J connectivity index is 2.18. The Morgan fingerprint density at radius 1 is 1.29 bits per heavy atom. The van der Waals surface area contributed by atoms with Gasteiger partial charge in [0, 0.05) is 31.4 Å². The standard InChI is InChI=1S/C14H19N3O4/c1-9-7-16(14(19)20)8-10(2)17(9)12-5-4-11(6-15-12)13(18)21-3/h4-6,9-10H,7-8H2,1-3H3,(H,19,20). The van der Waals surface area contributed by atoms with Gasteiger partial charge in [-0.1, -0.05) is 0 Å². The van der Waals surface area contributed by atoms with Crippen LogP contribution in [-0.2, 0) is 4.74 Å². The molecule has 1 aliphatic heterocycles. The predicted octanol–water partition coefficient (Wildman–Crippen LogP) is 1.45. The summed E-state index contributed by atoms with van der Waals surface area (Å²) in [7, 11) is 1.32. The van der Waals surface area contributed by atoms with Gasteiger partial charge in [-0.2, -0.15) is 0 Å². The molecule has 2 heterocycles. The number of aromatic nitrogens is 1. The molecule has 2 rings (SSSR count). The maximum absolute atomic E-state index is 11.4. The Hall–Kier alpha value is -2.31. The first kappa shape index (κ1) is 15.1. The van der Waals surface area contributed by atoms with Gasteiger partial charge in [-0.05, 0) is 26.0 Å². The summed E-state index contributed by atoms with van der Waals surface area (Å²) in [4.78, 5) is 30.3. The van der Waals surface area contributed by atoms with Crippen molar-refractivity contribution in [1.82, 2.24) is 9.88 Å². The number of hydrogen-bond donors (Lipinski definition) is 1. The molecule has 1 amide bonds. The van der Waals surface area contributed by atoms with Crippen LogP contribution in [0.3, 0.4) is 0 Å². The van der Waals surface area contributed by atoms with Crippen LogP contribution in [0.4, 0.5) is 10.6 Å². The van der Waals surface area contributed by atoms with E-state index in [9.17, 15) is 9.59 Å². The Labute approximate surface area is 123 Å². The van der Waals surface area contributed by atoms with Crippen LogP contribution >= 0.6 is 0 Å². The quantitative estimate of drug-likeness (QED) is 0.831. The van der Waals surface area contributed by atoms with E-state index in [1.807, 2.05) is 13.8 Å². The summed E-state index contributed by atoms with van der Waals surface area (Å²) in [6.45, 7) is 4.78. The maximum atomic E-state index is 11.4. The van der Waals surface area contributed by atoms with E-state index in [4.69, 9.17) is 5.11 Å². The Morgan fingerprint density at radius 2 is 1.90 bits per heavy atom. The smallest absolute Gasteiger partial charge is 0.407 e. The number of pyridine rings is 1. The highest BCUT2D eigenvalue weighted by molar-refractivity contribution is 5.89. The van der Waals surface area contributed by atoms with E-state index < -0.39 is 12.1 Å². The van der Waals surface area contributed by atoms with E-state index in [1.165, 1.54) is 18.2 Å². The van der Waals surface area contributed by atoms with Crippen LogP contribution in [-0.4, -0.2) is 59.3 Å². The van der Waals surface area contributed by atoms with Gasteiger partial charge in [0.1, 0.15) is 5.82 Å². The van der Waals surface area contributed by atoms with E-state index in [1.54, 1.807) is 12.1 Å². The lowest BCUT2D eigenvalue weighted by Crippen LogP contribution is -2.58. The number of anilines is 1. The number of carbonyl (C=O) groups excluding carboxylic acids is 1. The molecular weight excluding hydrogens is 274 g/mol. The SMILES string of the molecule is COC(=O)c1ccc(N2C(C)CN(C(=O)O)CC2C)nc1. The van der Waals surface area contributed by atoms with E-state index in [0.717, 1.165) is 5.82 Å². The zero-order valence-corrected chi connectivity index (χ0v) is 12.3. The molecule has 2 atom stereocenters. The van der Waals surface area contributed by atoms with E-state index in [2.05, 4.69) is 14.6 Å². The van der Waals surface area contributed by atoms with Gasteiger partial charge in [-0.25, -0.2) is 14.6 Å². The third-order valence-electron chi connectivity index (χ3n) is 3.62. The average Bonchev–Trinajstić information content (AvgIpc) is 2.46. The minimum absolute atomic E-state index is 0.0151. The zero-order chi connectivity index (χ0) is 15.6. The normalized spacial score (nSPS) is 22.0. The van der Waals surface area contributed by atoms with E-state index in [-0.39, 0.29) is 12.1 Å².